The number of rotatable bonds is 1. The van der Waals surface area contributed by atoms with Crippen LogP contribution < -0.4 is 0 Å². The molecule has 0 aliphatic carbocycles. The minimum atomic E-state index is 0.00745. The molecule has 0 spiro atoms. The third kappa shape index (κ3) is 1.84. The molecule has 0 radical (unpaired) electrons. The van der Waals surface area contributed by atoms with Gasteiger partial charge in [0.25, 0.3) is 0 Å². The monoisotopic (exact) mass is 223 g/mol. The SMILES string of the molecule is Cc1ccc(C2N=NCc3ccccc32)cn1. The molecule has 1 aromatic heterocycles. The molecule has 0 saturated heterocycles. The fraction of sp³-hybridized carbons (Fsp3) is 0.214. The van der Waals surface area contributed by atoms with E-state index < -0.39 is 0 Å². The Labute approximate surface area is 100 Å². The predicted octanol–water partition coefficient (Wildman–Crippen LogP) is 3.45. The van der Waals surface area contributed by atoms with E-state index in [0.29, 0.717) is 6.54 Å². The molecule has 1 unspecified atom stereocenters. The van der Waals surface area contributed by atoms with Gasteiger partial charge < -0.3 is 0 Å². The van der Waals surface area contributed by atoms with Crippen LogP contribution in [0.15, 0.2) is 52.8 Å². The van der Waals surface area contributed by atoms with Gasteiger partial charge in [-0.1, -0.05) is 30.3 Å². The third-order valence-corrected chi connectivity index (χ3v) is 3.04. The van der Waals surface area contributed by atoms with Gasteiger partial charge in [0.2, 0.25) is 0 Å². The van der Waals surface area contributed by atoms with Crippen molar-refractivity contribution >= 4 is 0 Å². The van der Waals surface area contributed by atoms with Crippen molar-refractivity contribution in [3.05, 3.63) is 65.0 Å². The second kappa shape index (κ2) is 4.09. The van der Waals surface area contributed by atoms with Crippen molar-refractivity contribution in [3.63, 3.8) is 0 Å². The highest BCUT2D eigenvalue weighted by Gasteiger charge is 2.19. The maximum atomic E-state index is 4.36. The number of pyridine rings is 1. The summed E-state index contributed by atoms with van der Waals surface area (Å²) in [6.45, 7) is 2.67. The van der Waals surface area contributed by atoms with Crippen molar-refractivity contribution in [1.29, 1.82) is 0 Å². The van der Waals surface area contributed by atoms with Crippen LogP contribution in [0.25, 0.3) is 0 Å². The van der Waals surface area contributed by atoms with E-state index in [-0.39, 0.29) is 6.04 Å². The number of aromatic nitrogens is 1. The standard InChI is InChI=1S/C14H13N3/c1-10-6-7-12(8-15-10)14-13-5-3-2-4-11(13)9-16-17-14/h2-8,14H,9H2,1H3. The van der Waals surface area contributed by atoms with Gasteiger partial charge in [-0.25, -0.2) is 0 Å². The van der Waals surface area contributed by atoms with E-state index >= 15 is 0 Å². The zero-order valence-corrected chi connectivity index (χ0v) is 9.67. The van der Waals surface area contributed by atoms with Gasteiger partial charge in [0.05, 0.1) is 6.54 Å². The van der Waals surface area contributed by atoms with E-state index in [4.69, 9.17) is 0 Å². The fourth-order valence-electron chi connectivity index (χ4n) is 2.09. The molecule has 1 aromatic carbocycles. The Morgan fingerprint density at radius 1 is 1.12 bits per heavy atom. The molecule has 0 N–H and O–H groups in total. The van der Waals surface area contributed by atoms with Crippen LogP contribution in [0.5, 0.6) is 0 Å². The van der Waals surface area contributed by atoms with E-state index in [1.165, 1.54) is 11.1 Å². The van der Waals surface area contributed by atoms with Gasteiger partial charge in [-0.05, 0) is 24.1 Å². The van der Waals surface area contributed by atoms with E-state index in [1.54, 1.807) is 0 Å². The van der Waals surface area contributed by atoms with Crippen molar-refractivity contribution < 1.29 is 0 Å². The van der Waals surface area contributed by atoms with Crippen molar-refractivity contribution in [2.24, 2.45) is 10.2 Å². The summed E-state index contributed by atoms with van der Waals surface area (Å²) in [5.41, 5.74) is 4.63. The molecule has 3 heteroatoms. The van der Waals surface area contributed by atoms with Crippen LogP contribution in [0.1, 0.15) is 28.4 Å². The number of azo groups is 1. The summed E-state index contributed by atoms with van der Waals surface area (Å²) in [5.74, 6) is 0. The average Bonchev–Trinajstić information content (AvgIpc) is 2.39. The van der Waals surface area contributed by atoms with Gasteiger partial charge in [-0.2, -0.15) is 10.2 Å². The molecule has 0 fully saturated rings. The second-order valence-corrected chi connectivity index (χ2v) is 4.25. The van der Waals surface area contributed by atoms with Gasteiger partial charge in [0, 0.05) is 17.5 Å². The lowest BCUT2D eigenvalue weighted by atomic mass is 9.95. The molecule has 1 aliphatic rings. The van der Waals surface area contributed by atoms with Crippen LogP contribution in [0.4, 0.5) is 0 Å². The van der Waals surface area contributed by atoms with Crippen molar-refractivity contribution in [2.45, 2.75) is 19.5 Å². The molecular formula is C14H13N3. The smallest absolute Gasteiger partial charge is 0.123 e. The number of benzene rings is 1. The molecular weight excluding hydrogens is 210 g/mol. The second-order valence-electron chi connectivity index (χ2n) is 4.25. The minimum Gasteiger partial charge on any atom is -0.261 e. The molecule has 3 nitrogen and oxygen atoms in total. The van der Waals surface area contributed by atoms with Gasteiger partial charge in [-0.3, -0.25) is 4.98 Å². The summed E-state index contributed by atoms with van der Waals surface area (Å²) in [6.07, 6.45) is 1.89. The first-order chi connectivity index (χ1) is 8.34. The molecule has 17 heavy (non-hydrogen) atoms. The molecule has 2 aromatic rings. The first-order valence-electron chi connectivity index (χ1n) is 5.71. The average molecular weight is 223 g/mol. The Morgan fingerprint density at radius 2 is 2.00 bits per heavy atom. The third-order valence-electron chi connectivity index (χ3n) is 3.04. The van der Waals surface area contributed by atoms with Crippen LogP contribution in [0.2, 0.25) is 0 Å². The number of hydrogen-bond donors (Lipinski definition) is 0. The van der Waals surface area contributed by atoms with Gasteiger partial charge in [0.1, 0.15) is 6.04 Å². The summed E-state index contributed by atoms with van der Waals surface area (Å²) >= 11 is 0. The normalized spacial score (nSPS) is 17.8. The van der Waals surface area contributed by atoms with Crippen molar-refractivity contribution in [3.8, 4) is 0 Å². The van der Waals surface area contributed by atoms with Gasteiger partial charge in [0.15, 0.2) is 0 Å². The Morgan fingerprint density at radius 3 is 2.82 bits per heavy atom. The Bertz CT molecular complexity index is 558. The zero-order valence-electron chi connectivity index (χ0n) is 9.67. The summed E-state index contributed by atoms with van der Waals surface area (Å²) in [7, 11) is 0. The highest BCUT2D eigenvalue weighted by atomic mass is 15.1. The topological polar surface area (TPSA) is 37.6 Å². The quantitative estimate of drug-likeness (QED) is 0.729. The lowest BCUT2D eigenvalue weighted by molar-refractivity contribution is 0.702. The van der Waals surface area contributed by atoms with Gasteiger partial charge >= 0.3 is 0 Å². The Kier molecular flexibility index (Phi) is 2.44. The van der Waals surface area contributed by atoms with Crippen LogP contribution in [0.3, 0.4) is 0 Å². The molecule has 1 atom stereocenters. The summed E-state index contributed by atoms with van der Waals surface area (Å²) < 4.78 is 0. The summed E-state index contributed by atoms with van der Waals surface area (Å²) in [6, 6.07) is 12.4. The van der Waals surface area contributed by atoms with Crippen molar-refractivity contribution in [1.82, 2.24) is 4.98 Å². The number of nitrogens with zero attached hydrogens (tertiary/aromatic N) is 3. The number of fused-ring (bicyclic) bond motifs is 1. The lowest BCUT2D eigenvalue weighted by Gasteiger charge is -2.19. The molecule has 1 aliphatic heterocycles. The number of hydrogen-bond acceptors (Lipinski definition) is 3. The van der Waals surface area contributed by atoms with E-state index in [9.17, 15) is 0 Å². The van der Waals surface area contributed by atoms with Crippen LogP contribution in [-0.2, 0) is 6.54 Å². The highest BCUT2D eigenvalue weighted by Crippen LogP contribution is 2.32. The Hall–Kier alpha value is -2.03. The van der Waals surface area contributed by atoms with Crippen LogP contribution in [0, 0.1) is 6.92 Å². The minimum absolute atomic E-state index is 0.00745. The first kappa shape index (κ1) is 10.1. The first-order valence-corrected chi connectivity index (χ1v) is 5.71. The summed E-state index contributed by atoms with van der Waals surface area (Å²) in [5, 5.41) is 8.55. The summed E-state index contributed by atoms with van der Waals surface area (Å²) in [4.78, 5) is 4.33. The highest BCUT2D eigenvalue weighted by molar-refractivity contribution is 5.38. The maximum absolute atomic E-state index is 4.36. The Balaban J connectivity index is 2.06. The van der Waals surface area contributed by atoms with E-state index in [2.05, 4.69) is 33.4 Å². The fourth-order valence-corrected chi connectivity index (χ4v) is 2.09. The molecule has 3 rings (SSSR count). The largest absolute Gasteiger partial charge is 0.261 e. The lowest BCUT2D eigenvalue weighted by Crippen LogP contribution is -2.06. The molecule has 0 bridgehead atoms. The molecule has 0 amide bonds. The van der Waals surface area contributed by atoms with Crippen LogP contribution >= 0.6 is 0 Å². The molecule has 0 saturated carbocycles. The molecule has 84 valence electrons. The van der Waals surface area contributed by atoms with E-state index in [1.807, 2.05) is 31.3 Å². The molecule has 2 heterocycles. The van der Waals surface area contributed by atoms with E-state index in [0.717, 1.165) is 11.3 Å². The van der Waals surface area contributed by atoms with Crippen molar-refractivity contribution in [2.75, 3.05) is 0 Å². The predicted molar refractivity (Wildman–Crippen MR) is 65.8 cm³/mol. The maximum Gasteiger partial charge on any atom is 0.123 e. The number of aryl methyl sites for hydroxylation is 1. The van der Waals surface area contributed by atoms with Gasteiger partial charge in [-0.15, -0.1) is 0 Å². The van der Waals surface area contributed by atoms with Crippen LogP contribution in [-0.4, -0.2) is 4.98 Å². The zero-order chi connectivity index (χ0) is 11.7.